The first-order valence-corrected chi connectivity index (χ1v) is 10.3. The Morgan fingerprint density at radius 2 is 1.63 bits per heavy atom. The fourth-order valence-corrected chi connectivity index (χ4v) is 3.55. The van der Waals surface area contributed by atoms with Gasteiger partial charge in [-0.1, -0.05) is 60.7 Å². The predicted molar refractivity (Wildman–Crippen MR) is 123 cm³/mol. The number of nitrogens with one attached hydrogen (secondary N) is 1. The number of hydrogen-bond acceptors (Lipinski definition) is 4. The molecule has 0 unspecified atom stereocenters. The van der Waals surface area contributed by atoms with Crippen molar-refractivity contribution in [2.45, 2.75) is 0 Å². The zero-order chi connectivity index (χ0) is 20.6. The van der Waals surface area contributed by atoms with Crippen molar-refractivity contribution in [2.24, 2.45) is 0 Å². The summed E-state index contributed by atoms with van der Waals surface area (Å²) in [6.07, 6.45) is 6.11. The fraction of sp³-hybridized carbons (Fsp3) is 0.200. The third-order valence-corrected chi connectivity index (χ3v) is 5.22. The van der Waals surface area contributed by atoms with Gasteiger partial charge in [0.2, 0.25) is 0 Å². The molecule has 0 spiro atoms. The molecule has 5 nitrogen and oxygen atoms in total. The van der Waals surface area contributed by atoms with Gasteiger partial charge in [0.1, 0.15) is 5.69 Å². The quantitative estimate of drug-likeness (QED) is 0.677. The third kappa shape index (κ3) is 5.33. The maximum Gasteiger partial charge on any atom is 0.274 e. The molecule has 0 saturated carbocycles. The monoisotopic (exact) mass is 398 g/mol. The van der Waals surface area contributed by atoms with E-state index in [1.54, 1.807) is 6.20 Å². The van der Waals surface area contributed by atoms with Gasteiger partial charge in [0.05, 0.1) is 0 Å². The lowest BCUT2D eigenvalue weighted by molar-refractivity contribution is 0.102. The van der Waals surface area contributed by atoms with Crippen LogP contribution < -0.4 is 10.2 Å². The Labute approximate surface area is 177 Å². The summed E-state index contributed by atoms with van der Waals surface area (Å²) < 4.78 is 0. The highest BCUT2D eigenvalue weighted by atomic mass is 16.1. The number of benzene rings is 2. The van der Waals surface area contributed by atoms with Crippen molar-refractivity contribution < 1.29 is 4.79 Å². The largest absolute Gasteiger partial charge is 0.369 e. The van der Waals surface area contributed by atoms with Gasteiger partial charge in [-0.2, -0.15) is 0 Å². The van der Waals surface area contributed by atoms with Crippen molar-refractivity contribution in [3.05, 3.63) is 96.3 Å². The molecule has 0 aliphatic carbocycles. The Bertz CT molecular complexity index is 980. The number of pyridine rings is 1. The van der Waals surface area contributed by atoms with Gasteiger partial charge in [-0.05, 0) is 29.8 Å². The first-order chi connectivity index (χ1) is 14.8. The van der Waals surface area contributed by atoms with Crippen molar-refractivity contribution in [2.75, 3.05) is 42.9 Å². The second-order valence-electron chi connectivity index (χ2n) is 7.32. The Hall–Kier alpha value is -3.44. The molecule has 1 N–H and O–H groups in total. The number of carbonyl (C=O) groups excluding carboxylic acids is 1. The maximum absolute atomic E-state index is 12.5. The summed E-state index contributed by atoms with van der Waals surface area (Å²) in [7, 11) is 0. The molecular weight excluding hydrogens is 372 g/mol. The van der Waals surface area contributed by atoms with Crippen molar-refractivity contribution in [3.8, 4) is 0 Å². The molecule has 30 heavy (non-hydrogen) atoms. The summed E-state index contributed by atoms with van der Waals surface area (Å²) in [4.78, 5) is 21.5. The van der Waals surface area contributed by atoms with Crippen LogP contribution in [0, 0.1) is 0 Å². The van der Waals surface area contributed by atoms with Crippen LogP contribution in [0.1, 0.15) is 16.1 Å². The van der Waals surface area contributed by atoms with Crippen molar-refractivity contribution in [1.29, 1.82) is 0 Å². The average molecular weight is 399 g/mol. The molecule has 0 radical (unpaired) electrons. The number of rotatable bonds is 6. The second-order valence-corrected chi connectivity index (χ2v) is 7.32. The number of amides is 1. The van der Waals surface area contributed by atoms with Crippen molar-refractivity contribution in [1.82, 2.24) is 9.88 Å². The van der Waals surface area contributed by atoms with Gasteiger partial charge in [0.15, 0.2) is 0 Å². The van der Waals surface area contributed by atoms with Crippen LogP contribution in [0.3, 0.4) is 0 Å². The Balaban J connectivity index is 1.31. The van der Waals surface area contributed by atoms with Crippen molar-refractivity contribution in [3.63, 3.8) is 0 Å². The molecule has 0 bridgehead atoms. The minimum atomic E-state index is -0.187. The topological polar surface area (TPSA) is 48.5 Å². The van der Waals surface area contributed by atoms with E-state index in [9.17, 15) is 4.79 Å². The number of piperazine rings is 1. The van der Waals surface area contributed by atoms with E-state index in [1.165, 1.54) is 5.56 Å². The molecule has 1 aliphatic rings. The summed E-state index contributed by atoms with van der Waals surface area (Å²) >= 11 is 0. The lowest BCUT2D eigenvalue weighted by atomic mass is 10.2. The molecule has 0 atom stereocenters. The highest BCUT2D eigenvalue weighted by Crippen LogP contribution is 2.18. The molecule has 3 aromatic rings. The van der Waals surface area contributed by atoms with Gasteiger partial charge >= 0.3 is 0 Å². The molecule has 1 aromatic heterocycles. The molecule has 1 fully saturated rings. The van der Waals surface area contributed by atoms with Gasteiger partial charge in [0, 0.05) is 50.3 Å². The predicted octanol–water partition coefficient (Wildman–Crippen LogP) is 4.17. The SMILES string of the molecule is O=C(Nc1ccccc1)c1cc(N2CCN(C/C=C/c3ccccc3)CC2)ccn1. The summed E-state index contributed by atoms with van der Waals surface area (Å²) in [5.74, 6) is -0.187. The van der Waals surface area contributed by atoms with Crippen LogP contribution in [-0.4, -0.2) is 48.5 Å². The fourth-order valence-electron chi connectivity index (χ4n) is 3.55. The standard InChI is InChI=1S/C25H26N4O/c30-25(27-22-11-5-2-6-12-22)24-20-23(13-14-26-24)29-18-16-28(17-19-29)15-7-10-21-8-3-1-4-9-21/h1-14,20H,15-19H2,(H,27,30)/b10-7+. The van der Waals surface area contributed by atoms with Crippen LogP contribution in [0.2, 0.25) is 0 Å². The van der Waals surface area contributed by atoms with Gasteiger partial charge in [-0.3, -0.25) is 14.7 Å². The highest BCUT2D eigenvalue weighted by Gasteiger charge is 2.18. The summed E-state index contributed by atoms with van der Waals surface area (Å²) in [5, 5.41) is 2.90. The lowest BCUT2D eigenvalue weighted by Gasteiger charge is -2.35. The van der Waals surface area contributed by atoms with Gasteiger partial charge in [0.25, 0.3) is 5.91 Å². The number of para-hydroxylation sites is 1. The molecular formula is C25H26N4O. The van der Waals surface area contributed by atoms with E-state index in [1.807, 2.05) is 48.5 Å². The maximum atomic E-state index is 12.5. The summed E-state index contributed by atoms with van der Waals surface area (Å²) in [6.45, 7) is 4.80. The van der Waals surface area contributed by atoms with Gasteiger partial charge in [-0.15, -0.1) is 0 Å². The first-order valence-electron chi connectivity index (χ1n) is 10.3. The van der Waals surface area contributed by atoms with Crippen LogP contribution in [0.4, 0.5) is 11.4 Å². The first kappa shape index (κ1) is 19.9. The third-order valence-electron chi connectivity index (χ3n) is 5.22. The van der Waals surface area contributed by atoms with E-state index in [-0.39, 0.29) is 5.91 Å². The van der Waals surface area contributed by atoms with E-state index < -0.39 is 0 Å². The Morgan fingerprint density at radius 1 is 0.933 bits per heavy atom. The average Bonchev–Trinajstić information content (AvgIpc) is 2.81. The van der Waals surface area contributed by atoms with E-state index in [2.05, 4.69) is 56.5 Å². The molecule has 2 aromatic carbocycles. The highest BCUT2D eigenvalue weighted by molar-refractivity contribution is 6.03. The van der Waals surface area contributed by atoms with Gasteiger partial charge < -0.3 is 10.2 Å². The second kappa shape index (κ2) is 9.85. The van der Waals surface area contributed by atoms with E-state index in [4.69, 9.17) is 0 Å². The van der Waals surface area contributed by atoms with Crippen LogP contribution >= 0.6 is 0 Å². The molecule has 1 amide bonds. The van der Waals surface area contributed by atoms with E-state index in [0.717, 1.165) is 44.1 Å². The van der Waals surface area contributed by atoms with Crippen LogP contribution in [-0.2, 0) is 0 Å². The van der Waals surface area contributed by atoms with Crippen LogP contribution in [0.15, 0.2) is 85.1 Å². The number of nitrogens with zero attached hydrogens (tertiary/aromatic N) is 3. The minimum Gasteiger partial charge on any atom is -0.369 e. The molecule has 1 saturated heterocycles. The van der Waals surface area contributed by atoms with Crippen LogP contribution in [0.5, 0.6) is 0 Å². The molecule has 5 heteroatoms. The molecule has 152 valence electrons. The lowest BCUT2D eigenvalue weighted by Crippen LogP contribution is -2.46. The molecule has 2 heterocycles. The number of anilines is 2. The van der Waals surface area contributed by atoms with Gasteiger partial charge in [-0.25, -0.2) is 0 Å². The Kier molecular flexibility index (Phi) is 6.52. The number of carbonyl (C=O) groups is 1. The zero-order valence-corrected chi connectivity index (χ0v) is 16.9. The summed E-state index contributed by atoms with van der Waals surface area (Å²) in [6, 6.07) is 23.7. The normalized spacial score (nSPS) is 14.7. The number of aromatic nitrogens is 1. The molecule has 1 aliphatic heterocycles. The summed E-state index contributed by atoms with van der Waals surface area (Å²) in [5.41, 5.74) is 3.48. The molecule has 4 rings (SSSR count). The minimum absolute atomic E-state index is 0.187. The number of hydrogen-bond donors (Lipinski definition) is 1. The zero-order valence-electron chi connectivity index (χ0n) is 16.9. The van der Waals surface area contributed by atoms with E-state index >= 15 is 0 Å². The van der Waals surface area contributed by atoms with E-state index in [0.29, 0.717) is 5.69 Å². The van der Waals surface area contributed by atoms with Crippen molar-refractivity contribution >= 4 is 23.4 Å². The Morgan fingerprint density at radius 3 is 2.37 bits per heavy atom. The smallest absolute Gasteiger partial charge is 0.274 e. The van der Waals surface area contributed by atoms with Crippen LogP contribution in [0.25, 0.3) is 6.08 Å².